The van der Waals surface area contributed by atoms with Gasteiger partial charge in [0.15, 0.2) is 5.82 Å². The molecule has 3 aromatic rings. The molecule has 0 saturated carbocycles. The summed E-state index contributed by atoms with van der Waals surface area (Å²) in [7, 11) is 0. The molecular weight excluding hydrogens is 405 g/mol. The molecule has 0 aliphatic carbocycles. The number of halogens is 1. The minimum Gasteiger partial charge on any atom is -0.365 e. The number of carbonyl (C=O) groups is 1. The van der Waals surface area contributed by atoms with Gasteiger partial charge in [0.2, 0.25) is 0 Å². The average Bonchev–Trinajstić information content (AvgIpc) is 3.39. The maximum Gasteiger partial charge on any atom is 0.254 e. The highest BCUT2D eigenvalue weighted by Crippen LogP contribution is 2.30. The van der Waals surface area contributed by atoms with Crippen LogP contribution in [0.3, 0.4) is 0 Å². The number of benzene rings is 1. The van der Waals surface area contributed by atoms with E-state index in [9.17, 15) is 14.4 Å². The third kappa shape index (κ3) is 4.32. The molecule has 1 fully saturated rings. The number of nitriles is 1. The number of nitrogens with two attached hydrogens (primary N) is 1. The van der Waals surface area contributed by atoms with Gasteiger partial charge < -0.3 is 11.1 Å². The summed E-state index contributed by atoms with van der Waals surface area (Å²) >= 11 is 1.55. The third-order valence-corrected chi connectivity index (χ3v) is 5.77. The van der Waals surface area contributed by atoms with E-state index in [1.54, 1.807) is 39.9 Å². The van der Waals surface area contributed by atoms with Crippen LogP contribution < -0.4 is 11.1 Å². The second-order valence-corrected chi connectivity index (χ2v) is 7.89. The van der Waals surface area contributed by atoms with Crippen molar-refractivity contribution in [2.24, 2.45) is 11.7 Å². The van der Waals surface area contributed by atoms with Crippen LogP contribution in [0.4, 0.5) is 15.9 Å². The van der Waals surface area contributed by atoms with Gasteiger partial charge in [0, 0.05) is 36.9 Å². The second kappa shape index (κ2) is 8.61. The molecule has 0 bridgehead atoms. The maximum atomic E-state index is 13.2. The van der Waals surface area contributed by atoms with Crippen LogP contribution in [0.15, 0.2) is 41.4 Å². The van der Waals surface area contributed by atoms with E-state index in [-0.39, 0.29) is 29.2 Å². The van der Waals surface area contributed by atoms with E-state index in [1.807, 2.05) is 5.38 Å². The summed E-state index contributed by atoms with van der Waals surface area (Å²) in [5.41, 5.74) is 9.13. The molecule has 2 atom stereocenters. The Hall–Kier alpha value is -3.29. The van der Waals surface area contributed by atoms with Crippen molar-refractivity contribution >= 4 is 28.7 Å². The van der Waals surface area contributed by atoms with Gasteiger partial charge in [-0.3, -0.25) is 14.4 Å². The van der Waals surface area contributed by atoms with Crippen molar-refractivity contribution in [3.05, 3.63) is 58.4 Å². The van der Waals surface area contributed by atoms with Crippen molar-refractivity contribution in [1.29, 1.82) is 5.26 Å². The number of amides is 1. The maximum absolute atomic E-state index is 13.2. The number of thiazole rings is 1. The molecule has 0 radical (unpaired) electrons. The molecule has 3 heterocycles. The van der Waals surface area contributed by atoms with E-state index in [4.69, 9.17) is 5.73 Å². The first-order valence-corrected chi connectivity index (χ1v) is 10.4. The smallest absolute Gasteiger partial charge is 0.254 e. The fraction of sp³-hybridized carbons (Fsp3) is 0.300. The summed E-state index contributed by atoms with van der Waals surface area (Å²) in [4.78, 5) is 18.4. The van der Waals surface area contributed by atoms with Crippen molar-refractivity contribution in [1.82, 2.24) is 19.7 Å². The molecule has 30 heavy (non-hydrogen) atoms. The highest BCUT2D eigenvalue weighted by molar-refractivity contribution is 7.07. The van der Waals surface area contributed by atoms with Gasteiger partial charge in [0.25, 0.3) is 5.91 Å². The summed E-state index contributed by atoms with van der Waals surface area (Å²) < 4.78 is 14.8. The van der Waals surface area contributed by atoms with Gasteiger partial charge in [-0.2, -0.15) is 10.4 Å². The van der Waals surface area contributed by atoms with Crippen LogP contribution in [0, 0.1) is 23.1 Å². The van der Waals surface area contributed by atoms with Gasteiger partial charge in [0.1, 0.15) is 11.4 Å². The van der Waals surface area contributed by atoms with Crippen LogP contribution in [0.25, 0.3) is 0 Å². The monoisotopic (exact) mass is 425 g/mol. The fourth-order valence-corrected chi connectivity index (χ4v) is 4.19. The Bertz CT molecular complexity index is 1060. The lowest BCUT2D eigenvalue weighted by molar-refractivity contribution is 0.100. The van der Waals surface area contributed by atoms with Crippen molar-refractivity contribution in [3.63, 3.8) is 0 Å². The predicted octanol–water partition coefficient (Wildman–Crippen LogP) is 2.91. The molecule has 1 aliphatic rings. The lowest BCUT2D eigenvalue weighted by Crippen LogP contribution is -2.40. The Labute approximate surface area is 176 Å². The van der Waals surface area contributed by atoms with Gasteiger partial charge in [-0.05, 0) is 30.7 Å². The van der Waals surface area contributed by atoms with E-state index in [2.05, 4.69) is 26.4 Å². The molecular formula is C20H20FN7OS. The normalized spacial score (nSPS) is 19.3. The van der Waals surface area contributed by atoms with Crippen molar-refractivity contribution < 1.29 is 9.18 Å². The Balaban J connectivity index is 1.53. The molecule has 4 rings (SSSR count). The van der Waals surface area contributed by atoms with E-state index in [0.29, 0.717) is 25.2 Å². The number of aromatic nitrogens is 3. The van der Waals surface area contributed by atoms with Crippen LogP contribution in [-0.4, -0.2) is 38.7 Å². The number of nitrogens with zero attached hydrogens (tertiary/aromatic N) is 5. The topological polar surface area (TPSA) is 113 Å². The molecule has 3 N–H and O–H groups in total. The number of piperidine rings is 1. The standard InChI is InChI=1S/C20H20FN7OS/c21-14-1-3-15(4-2-14)25-20-17(19(23)29)10-28(26-20)18-5-6-27(8-13(18)7-22)9-16-11-30-12-24-16/h1-4,10-13,18H,5-6,8-9H2,(H2,23,29)(H,25,26). The molecule has 1 saturated heterocycles. The van der Waals surface area contributed by atoms with E-state index < -0.39 is 5.91 Å². The first kappa shape index (κ1) is 20.0. The van der Waals surface area contributed by atoms with Crippen LogP contribution in [-0.2, 0) is 6.54 Å². The van der Waals surface area contributed by atoms with E-state index in [0.717, 1.165) is 12.2 Å². The molecule has 2 unspecified atom stereocenters. The zero-order valence-corrected chi connectivity index (χ0v) is 16.8. The fourth-order valence-electron chi connectivity index (χ4n) is 3.64. The highest BCUT2D eigenvalue weighted by Gasteiger charge is 2.32. The number of anilines is 2. The van der Waals surface area contributed by atoms with Crippen LogP contribution >= 0.6 is 11.3 Å². The largest absolute Gasteiger partial charge is 0.365 e. The summed E-state index contributed by atoms with van der Waals surface area (Å²) in [6.07, 6.45) is 2.29. The van der Waals surface area contributed by atoms with Crippen molar-refractivity contribution in [2.45, 2.75) is 19.0 Å². The molecule has 154 valence electrons. The highest BCUT2D eigenvalue weighted by atomic mass is 32.1. The summed E-state index contributed by atoms with van der Waals surface area (Å²) in [5.74, 6) is -0.991. The third-order valence-electron chi connectivity index (χ3n) is 5.14. The Morgan fingerprint density at radius 3 is 2.87 bits per heavy atom. The lowest BCUT2D eigenvalue weighted by atomic mass is 9.93. The summed E-state index contributed by atoms with van der Waals surface area (Å²) in [5, 5.41) is 19.3. The second-order valence-electron chi connectivity index (χ2n) is 7.17. The van der Waals surface area contributed by atoms with Crippen LogP contribution in [0.2, 0.25) is 0 Å². The number of carbonyl (C=O) groups excluding carboxylic acids is 1. The molecule has 0 spiro atoms. The van der Waals surface area contributed by atoms with Crippen molar-refractivity contribution in [2.75, 3.05) is 18.4 Å². The van der Waals surface area contributed by atoms with E-state index in [1.165, 1.54) is 12.1 Å². The van der Waals surface area contributed by atoms with E-state index >= 15 is 0 Å². The Morgan fingerprint density at radius 2 is 2.20 bits per heavy atom. The zero-order chi connectivity index (χ0) is 21.1. The number of primary amides is 1. The SMILES string of the molecule is N#CC1CN(Cc2cscn2)CCC1n1cc(C(N)=O)c(Nc2ccc(F)cc2)n1. The van der Waals surface area contributed by atoms with Gasteiger partial charge >= 0.3 is 0 Å². The molecule has 1 aromatic carbocycles. The minimum absolute atomic E-state index is 0.177. The molecule has 10 heteroatoms. The zero-order valence-electron chi connectivity index (χ0n) is 16.0. The number of nitrogens with one attached hydrogen (secondary N) is 1. The first-order chi connectivity index (χ1) is 14.5. The Kier molecular flexibility index (Phi) is 5.74. The molecule has 8 nitrogen and oxygen atoms in total. The van der Waals surface area contributed by atoms with Crippen LogP contribution in [0.5, 0.6) is 0 Å². The Morgan fingerprint density at radius 1 is 1.40 bits per heavy atom. The van der Waals surface area contributed by atoms with Gasteiger partial charge in [-0.25, -0.2) is 9.37 Å². The number of likely N-dealkylation sites (tertiary alicyclic amines) is 1. The minimum atomic E-state index is -0.625. The number of hydrogen-bond acceptors (Lipinski definition) is 7. The van der Waals surface area contributed by atoms with Gasteiger partial charge in [-0.15, -0.1) is 11.3 Å². The molecule has 1 amide bonds. The summed E-state index contributed by atoms with van der Waals surface area (Å²) in [6, 6.07) is 7.92. The molecule has 1 aliphatic heterocycles. The van der Waals surface area contributed by atoms with Crippen LogP contribution in [0.1, 0.15) is 28.5 Å². The summed E-state index contributed by atoms with van der Waals surface area (Å²) in [6.45, 7) is 2.08. The van der Waals surface area contributed by atoms with Gasteiger partial charge in [-0.1, -0.05) is 0 Å². The lowest BCUT2D eigenvalue weighted by Gasteiger charge is -2.35. The molecule has 2 aromatic heterocycles. The predicted molar refractivity (Wildman–Crippen MR) is 111 cm³/mol. The van der Waals surface area contributed by atoms with Gasteiger partial charge in [0.05, 0.1) is 29.2 Å². The van der Waals surface area contributed by atoms with Crippen molar-refractivity contribution in [3.8, 4) is 6.07 Å². The number of rotatable bonds is 6. The average molecular weight is 425 g/mol. The quantitative estimate of drug-likeness (QED) is 0.628. The number of hydrogen-bond donors (Lipinski definition) is 2. The first-order valence-electron chi connectivity index (χ1n) is 9.44.